The van der Waals surface area contributed by atoms with E-state index < -0.39 is 4.92 Å². The average Bonchev–Trinajstić information content (AvgIpc) is 2.01. The fraction of sp³-hybridized carbons (Fsp3) is 0.143. The molecule has 0 aromatic heterocycles. The molecule has 4 nitrogen and oxygen atoms in total. The summed E-state index contributed by atoms with van der Waals surface area (Å²) in [6, 6.07) is 3.20. The number of benzene rings is 1. The minimum Gasteiger partial charge on any atom is -0.326 e. The van der Waals surface area contributed by atoms with Crippen molar-refractivity contribution in [2.45, 2.75) is 6.54 Å². The standard InChI is InChI=1S/C7H6ClIN2O2/c8-6-2-5(9)1-4(3-10)7(6)11(12)13/h1-2H,3,10H2. The van der Waals surface area contributed by atoms with Gasteiger partial charge in [0.05, 0.1) is 4.92 Å². The lowest BCUT2D eigenvalue weighted by Gasteiger charge is -2.02. The second-order valence-corrected chi connectivity index (χ2v) is 4.01. The number of halogens is 2. The lowest BCUT2D eigenvalue weighted by Crippen LogP contribution is -2.02. The van der Waals surface area contributed by atoms with E-state index in [0.717, 1.165) is 3.57 Å². The highest BCUT2D eigenvalue weighted by atomic mass is 127. The van der Waals surface area contributed by atoms with Gasteiger partial charge in [0.1, 0.15) is 5.02 Å². The Bertz CT molecular complexity index is 357. The molecule has 13 heavy (non-hydrogen) atoms. The van der Waals surface area contributed by atoms with E-state index in [1.54, 1.807) is 12.1 Å². The Morgan fingerprint density at radius 1 is 1.62 bits per heavy atom. The van der Waals surface area contributed by atoms with Crippen molar-refractivity contribution in [3.8, 4) is 0 Å². The first-order chi connectivity index (χ1) is 6.06. The van der Waals surface area contributed by atoms with Crippen molar-refractivity contribution in [1.82, 2.24) is 0 Å². The van der Waals surface area contributed by atoms with Gasteiger partial charge in [-0.05, 0) is 34.7 Å². The summed E-state index contributed by atoms with van der Waals surface area (Å²) in [5, 5.41) is 10.7. The number of nitrogens with zero attached hydrogens (tertiary/aromatic N) is 1. The normalized spacial score (nSPS) is 10.1. The van der Waals surface area contributed by atoms with E-state index >= 15 is 0 Å². The molecular weight excluding hydrogens is 306 g/mol. The van der Waals surface area contributed by atoms with Crippen molar-refractivity contribution < 1.29 is 4.92 Å². The van der Waals surface area contributed by atoms with Crippen molar-refractivity contribution in [2.24, 2.45) is 5.73 Å². The maximum absolute atomic E-state index is 10.6. The van der Waals surface area contributed by atoms with Crippen LogP contribution >= 0.6 is 34.2 Å². The van der Waals surface area contributed by atoms with Gasteiger partial charge in [0.2, 0.25) is 0 Å². The largest absolute Gasteiger partial charge is 0.326 e. The van der Waals surface area contributed by atoms with E-state index in [2.05, 4.69) is 0 Å². The Hall–Kier alpha value is -0.400. The molecule has 0 bridgehead atoms. The van der Waals surface area contributed by atoms with E-state index in [1.807, 2.05) is 22.6 Å². The summed E-state index contributed by atoms with van der Waals surface area (Å²) in [6.07, 6.45) is 0. The van der Waals surface area contributed by atoms with Gasteiger partial charge in [-0.2, -0.15) is 0 Å². The zero-order valence-corrected chi connectivity index (χ0v) is 9.37. The minimum absolute atomic E-state index is 0.0930. The number of nitrogens with two attached hydrogens (primary N) is 1. The molecule has 70 valence electrons. The topological polar surface area (TPSA) is 69.2 Å². The molecule has 0 unspecified atom stereocenters. The molecule has 0 amide bonds. The molecule has 2 N–H and O–H groups in total. The molecule has 0 heterocycles. The third-order valence-corrected chi connectivity index (χ3v) is 2.42. The van der Waals surface area contributed by atoms with Gasteiger partial charge in [-0.1, -0.05) is 11.6 Å². The SMILES string of the molecule is NCc1cc(I)cc(Cl)c1[N+](=O)[O-]. The maximum Gasteiger partial charge on any atom is 0.292 e. The van der Waals surface area contributed by atoms with Crippen molar-refractivity contribution in [2.75, 3.05) is 0 Å². The summed E-state index contributed by atoms with van der Waals surface area (Å²) >= 11 is 7.74. The monoisotopic (exact) mass is 312 g/mol. The minimum atomic E-state index is -0.513. The summed E-state index contributed by atoms with van der Waals surface area (Å²) < 4.78 is 0.841. The Labute approximate surface area is 93.4 Å². The molecule has 1 aromatic carbocycles. The van der Waals surface area contributed by atoms with Crippen LogP contribution in [0.3, 0.4) is 0 Å². The number of nitro groups is 1. The molecule has 0 fully saturated rings. The molecule has 1 rings (SSSR count). The molecule has 0 aliphatic rings. The summed E-state index contributed by atoms with van der Waals surface area (Å²) in [4.78, 5) is 10.1. The van der Waals surface area contributed by atoms with Gasteiger partial charge in [0, 0.05) is 15.7 Å². The Morgan fingerprint density at radius 3 is 2.69 bits per heavy atom. The fourth-order valence-electron chi connectivity index (χ4n) is 0.979. The van der Waals surface area contributed by atoms with Gasteiger partial charge < -0.3 is 5.73 Å². The van der Waals surface area contributed by atoms with E-state index in [-0.39, 0.29) is 17.3 Å². The zero-order valence-electron chi connectivity index (χ0n) is 6.46. The highest BCUT2D eigenvalue weighted by molar-refractivity contribution is 14.1. The predicted molar refractivity (Wildman–Crippen MR) is 58.7 cm³/mol. The molecular formula is C7H6ClIN2O2. The first kappa shape index (κ1) is 10.7. The number of hydrogen-bond acceptors (Lipinski definition) is 3. The van der Waals surface area contributed by atoms with Gasteiger partial charge in [0.25, 0.3) is 5.69 Å². The van der Waals surface area contributed by atoms with Crippen LogP contribution in [-0.4, -0.2) is 4.92 Å². The smallest absolute Gasteiger partial charge is 0.292 e. The molecule has 1 aromatic rings. The van der Waals surface area contributed by atoms with Crippen LogP contribution in [0.4, 0.5) is 5.69 Å². The Morgan fingerprint density at radius 2 is 2.23 bits per heavy atom. The van der Waals surface area contributed by atoms with Crippen LogP contribution in [0.15, 0.2) is 12.1 Å². The number of hydrogen-bond donors (Lipinski definition) is 1. The van der Waals surface area contributed by atoms with Crippen molar-refractivity contribution in [3.05, 3.63) is 36.4 Å². The second-order valence-electron chi connectivity index (χ2n) is 2.36. The second kappa shape index (κ2) is 4.21. The van der Waals surface area contributed by atoms with Crippen LogP contribution in [0, 0.1) is 13.7 Å². The molecule has 0 aliphatic carbocycles. The molecule has 0 saturated carbocycles. The van der Waals surface area contributed by atoms with Gasteiger partial charge in [-0.15, -0.1) is 0 Å². The zero-order chi connectivity index (χ0) is 10.0. The Balaban J connectivity index is 3.38. The molecule has 0 atom stereocenters. The van der Waals surface area contributed by atoms with Crippen molar-refractivity contribution in [1.29, 1.82) is 0 Å². The number of nitro benzene ring substituents is 1. The van der Waals surface area contributed by atoms with E-state index in [4.69, 9.17) is 17.3 Å². The summed E-state index contributed by atoms with van der Waals surface area (Å²) in [5.74, 6) is 0. The molecule has 0 spiro atoms. The van der Waals surface area contributed by atoms with Gasteiger partial charge in [-0.25, -0.2) is 0 Å². The highest BCUT2D eigenvalue weighted by Gasteiger charge is 2.18. The van der Waals surface area contributed by atoms with Crippen LogP contribution in [0.1, 0.15) is 5.56 Å². The summed E-state index contributed by atoms with van der Waals surface area (Å²) in [7, 11) is 0. The van der Waals surface area contributed by atoms with Gasteiger partial charge in [-0.3, -0.25) is 10.1 Å². The molecule has 0 aliphatic heterocycles. The quantitative estimate of drug-likeness (QED) is 0.517. The number of rotatable bonds is 2. The average molecular weight is 312 g/mol. The van der Waals surface area contributed by atoms with Gasteiger partial charge >= 0.3 is 0 Å². The van der Waals surface area contributed by atoms with E-state index in [9.17, 15) is 10.1 Å². The fourth-order valence-corrected chi connectivity index (χ4v) is 2.16. The van der Waals surface area contributed by atoms with Gasteiger partial charge in [0.15, 0.2) is 0 Å². The molecule has 6 heteroatoms. The predicted octanol–water partition coefficient (Wildman–Crippen LogP) is 2.31. The van der Waals surface area contributed by atoms with E-state index in [0.29, 0.717) is 5.56 Å². The summed E-state index contributed by atoms with van der Waals surface area (Å²) in [6.45, 7) is 0.118. The van der Waals surface area contributed by atoms with Crippen LogP contribution < -0.4 is 5.73 Å². The van der Waals surface area contributed by atoms with Crippen LogP contribution in [0.2, 0.25) is 5.02 Å². The first-order valence-electron chi connectivity index (χ1n) is 3.38. The third kappa shape index (κ3) is 2.29. The summed E-state index contributed by atoms with van der Waals surface area (Å²) in [5.41, 5.74) is 5.73. The Kier molecular flexibility index (Phi) is 3.46. The lowest BCUT2D eigenvalue weighted by atomic mass is 10.2. The van der Waals surface area contributed by atoms with E-state index in [1.165, 1.54) is 0 Å². The van der Waals surface area contributed by atoms with Crippen LogP contribution in [0.25, 0.3) is 0 Å². The first-order valence-corrected chi connectivity index (χ1v) is 4.84. The third-order valence-electron chi connectivity index (χ3n) is 1.51. The van der Waals surface area contributed by atoms with Crippen LogP contribution in [0.5, 0.6) is 0 Å². The molecule has 0 saturated heterocycles. The molecule has 0 radical (unpaired) electrons. The van der Waals surface area contributed by atoms with Crippen LogP contribution in [-0.2, 0) is 6.54 Å². The lowest BCUT2D eigenvalue weighted by molar-refractivity contribution is -0.385. The van der Waals surface area contributed by atoms with Crippen molar-refractivity contribution >= 4 is 39.9 Å². The maximum atomic E-state index is 10.6. The highest BCUT2D eigenvalue weighted by Crippen LogP contribution is 2.30. The van der Waals surface area contributed by atoms with Crippen molar-refractivity contribution in [3.63, 3.8) is 0 Å².